The summed E-state index contributed by atoms with van der Waals surface area (Å²) in [6.07, 6.45) is 7.20. The zero-order chi connectivity index (χ0) is 11.7. The topological polar surface area (TPSA) is 46.5 Å². The summed E-state index contributed by atoms with van der Waals surface area (Å²) in [5.41, 5.74) is 0. The van der Waals surface area contributed by atoms with E-state index in [-0.39, 0.29) is 0 Å². The van der Waals surface area contributed by atoms with Gasteiger partial charge in [0.25, 0.3) is 0 Å². The minimum Gasteiger partial charge on any atom is -0.360 e. The molecule has 1 unspecified atom stereocenters. The summed E-state index contributed by atoms with van der Waals surface area (Å²) in [5, 5.41) is 0. The third-order valence-electron chi connectivity index (χ3n) is 2.37. The van der Waals surface area contributed by atoms with Gasteiger partial charge in [-0.2, -0.15) is 0 Å². The minimum absolute atomic E-state index is 0.575. The number of hydrogen-bond donors (Lipinski definition) is 1. The van der Waals surface area contributed by atoms with Crippen LogP contribution in [-0.4, -0.2) is 20.3 Å². The summed E-state index contributed by atoms with van der Waals surface area (Å²) in [4.78, 5) is -0.927. The Morgan fingerprint density at radius 1 is 1.13 bits per heavy atom. The molecule has 92 valence electrons. The van der Waals surface area contributed by atoms with Crippen LogP contribution >= 0.6 is 0 Å². The van der Waals surface area contributed by atoms with Crippen molar-refractivity contribution < 1.29 is 13.5 Å². The van der Waals surface area contributed by atoms with Crippen LogP contribution in [-0.2, 0) is 15.8 Å². The molecule has 0 saturated heterocycles. The van der Waals surface area contributed by atoms with Crippen molar-refractivity contribution >= 4 is 11.1 Å². The number of hydrogen-bond acceptors (Lipinski definition) is 2. The number of ether oxygens (including phenoxy) is 1. The van der Waals surface area contributed by atoms with E-state index in [1.165, 1.54) is 25.7 Å². The van der Waals surface area contributed by atoms with Gasteiger partial charge in [0.05, 0.1) is 0 Å². The first-order valence-electron chi connectivity index (χ1n) is 5.75. The fourth-order valence-corrected chi connectivity index (χ4v) is 1.43. The third-order valence-corrected chi connectivity index (χ3v) is 3.33. The van der Waals surface area contributed by atoms with Gasteiger partial charge >= 0.3 is 0 Å². The smallest absolute Gasteiger partial charge is 0.185 e. The first-order chi connectivity index (χ1) is 7.00. The first kappa shape index (κ1) is 15.1. The van der Waals surface area contributed by atoms with Crippen molar-refractivity contribution in [2.75, 3.05) is 6.61 Å². The molecule has 0 spiro atoms. The molecule has 0 fully saturated rings. The molecule has 0 radical (unpaired) electrons. The Morgan fingerprint density at radius 3 is 2.20 bits per heavy atom. The van der Waals surface area contributed by atoms with E-state index in [0.717, 1.165) is 12.8 Å². The standard InChI is InChI=1S/C11H24O3S/c1-4-5-6-7-8-9-10-14-11(2,3)15(12)13/h4-10H2,1-3H3,(H,12,13). The van der Waals surface area contributed by atoms with E-state index in [9.17, 15) is 4.21 Å². The van der Waals surface area contributed by atoms with E-state index in [1.54, 1.807) is 13.8 Å². The summed E-state index contributed by atoms with van der Waals surface area (Å²) in [7, 11) is 0. The van der Waals surface area contributed by atoms with Crippen molar-refractivity contribution in [1.29, 1.82) is 0 Å². The molecule has 0 aromatic carbocycles. The van der Waals surface area contributed by atoms with Crippen molar-refractivity contribution in [3.05, 3.63) is 0 Å². The fourth-order valence-electron chi connectivity index (χ4n) is 1.25. The molecule has 0 heterocycles. The Labute approximate surface area is 95.9 Å². The lowest BCUT2D eigenvalue weighted by Gasteiger charge is -2.20. The number of unbranched alkanes of at least 4 members (excludes halogenated alkanes) is 5. The zero-order valence-corrected chi connectivity index (χ0v) is 10.9. The molecule has 3 nitrogen and oxygen atoms in total. The highest BCUT2D eigenvalue weighted by atomic mass is 32.2. The Kier molecular flexibility index (Phi) is 8.29. The van der Waals surface area contributed by atoms with Gasteiger partial charge in [0, 0.05) is 6.61 Å². The largest absolute Gasteiger partial charge is 0.360 e. The van der Waals surface area contributed by atoms with Crippen molar-refractivity contribution in [3.63, 3.8) is 0 Å². The normalized spacial score (nSPS) is 14.1. The predicted molar refractivity (Wildman–Crippen MR) is 64.2 cm³/mol. The third kappa shape index (κ3) is 7.94. The van der Waals surface area contributed by atoms with Crippen LogP contribution in [0, 0.1) is 0 Å². The molecule has 0 aliphatic carbocycles. The van der Waals surface area contributed by atoms with Crippen LogP contribution in [0.3, 0.4) is 0 Å². The molecule has 0 rings (SSSR count). The van der Waals surface area contributed by atoms with Gasteiger partial charge in [0.2, 0.25) is 0 Å². The van der Waals surface area contributed by atoms with Crippen molar-refractivity contribution in [2.24, 2.45) is 0 Å². The lowest BCUT2D eigenvalue weighted by molar-refractivity contribution is 0.0407. The van der Waals surface area contributed by atoms with E-state index < -0.39 is 16.0 Å². The number of rotatable bonds is 9. The van der Waals surface area contributed by atoms with E-state index in [0.29, 0.717) is 6.61 Å². The van der Waals surface area contributed by atoms with Gasteiger partial charge < -0.3 is 9.29 Å². The van der Waals surface area contributed by atoms with Crippen LogP contribution in [0.15, 0.2) is 0 Å². The average molecular weight is 236 g/mol. The van der Waals surface area contributed by atoms with Gasteiger partial charge in [-0.3, -0.25) is 0 Å². The summed E-state index contributed by atoms with van der Waals surface area (Å²) in [5.74, 6) is 0. The Bertz CT molecular complexity index is 181. The van der Waals surface area contributed by atoms with Gasteiger partial charge in [-0.15, -0.1) is 0 Å². The minimum atomic E-state index is -1.91. The lowest BCUT2D eigenvalue weighted by atomic mass is 10.1. The van der Waals surface area contributed by atoms with E-state index in [1.807, 2.05) is 0 Å². The highest BCUT2D eigenvalue weighted by molar-refractivity contribution is 7.80. The van der Waals surface area contributed by atoms with Crippen LogP contribution in [0.4, 0.5) is 0 Å². The van der Waals surface area contributed by atoms with Crippen LogP contribution in [0.1, 0.15) is 59.3 Å². The maximum Gasteiger partial charge on any atom is 0.185 e. The fraction of sp³-hybridized carbons (Fsp3) is 1.00. The van der Waals surface area contributed by atoms with Gasteiger partial charge in [-0.05, 0) is 20.3 Å². The molecule has 1 atom stereocenters. The summed E-state index contributed by atoms with van der Waals surface area (Å²) < 4.78 is 25.1. The molecule has 0 aliphatic rings. The molecule has 4 heteroatoms. The van der Waals surface area contributed by atoms with Crippen molar-refractivity contribution in [2.45, 2.75) is 64.2 Å². The summed E-state index contributed by atoms with van der Waals surface area (Å²) in [6.45, 7) is 6.05. The average Bonchev–Trinajstić information content (AvgIpc) is 2.16. The monoisotopic (exact) mass is 236 g/mol. The molecule has 1 N–H and O–H groups in total. The zero-order valence-electron chi connectivity index (χ0n) is 10.1. The Morgan fingerprint density at radius 2 is 1.67 bits per heavy atom. The summed E-state index contributed by atoms with van der Waals surface area (Å²) in [6, 6.07) is 0. The van der Waals surface area contributed by atoms with Crippen molar-refractivity contribution in [1.82, 2.24) is 0 Å². The van der Waals surface area contributed by atoms with Gasteiger partial charge in [0.1, 0.15) is 0 Å². The molecular formula is C11H24O3S. The Hall–Kier alpha value is 0.0700. The summed E-state index contributed by atoms with van der Waals surface area (Å²) >= 11 is -1.91. The van der Waals surface area contributed by atoms with Gasteiger partial charge in [-0.25, -0.2) is 4.21 Å². The molecule has 0 amide bonds. The van der Waals surface area contributed by atoms with Crippen LogP contribution in [0.25, 0.3) is 0 Å². The van der Waals surface area contributed by atoms with E-state index in [4.69, 9.17) is 9.29 Å². The Balaban J connectivity index is 3.35. The second-order valence-electron chi connectivity index (χ2n) is 4.27. The van der Waals surface area contributed by atoms with E-state index in [2.05, 4.69) is 6.92 Å². The second kappa shape index (κ2) is 8.25. The van der Waals surface area contributed by atoms with Gasteiger partial charge in [-0.1, -0.05) is 39.0 Å². The first-order valence-corrected chi connectivity index (χ1v) is 6.86. The van der Waals surface area contributed by atoms with Gasteiger partial charge in [0.15, 0.2) is 16.0 Å². The van der Waals surface area contributed by atoms with Crippen molar-refractivity contribution in [3.8, 4) is 0 Å². The van der Waals surface area contributed by atoms with E-state index >= 15 is 0 Å². The molecule has 0 aliphatic heterocycles. The SMILES string of the molecule is CCCCCCCCOC(C)(C)S(=O)O. The maximum atomic E-state index is 10.8. The highest BCUT2D eigenvalue weighted by Gasteiger charge is 2.24. The maximum absolute atomic E-state index is 10.8. The predicted octanol–water partition coefficient (Wildman–Crippen LogP) is 3.32. The highest BCUT2D eigenvalue weighted by Crippen LogP contribution is 2.14. The molecule has 0 bridgehead atoms. The molecule has 15 heavy (non-hydrogen) atoms. The second-order valence-corrected chi connectivity index (χ2v) is 5.75. The molecule has 0 saturated carbocycles. The molecule has 0 aromatic heterocycles. The molecular weight excluding hydrogens is 212 g/mol. The molecule has 0 aromatic rings. The van der Waals surface area contributed by atoms with Crippen LogP contribution in [0.2, 0.25) is 0 Å². The lowest BCUT2D eigenvalue weighted by Crippen LogP contribution is -2.30. The van der Waals surface area contributed by atoms with Crippen LogP contribution < -0.4 is 0 Å². The van der Waals surface area contributed by atoms with Crippen LogP contribution in [0.5, 0.6) is 0 Å². The quantitative estimate of drug-likeness (QED) is 0.493.